The van der Waals surface area contributed by atoms with Crippen LogP contribution in [0.25, 0.3) is 0 Å². The van der Waals surface area contributed by atoms with Crippen molar-refractivity contribution in [3.05, 3.63) is 36.0 Å². The Kier molecular flexibility index (Phi) is 4.92. The number of benzene rings is 1. The minimum Gasteiger partial charge on any atom is -0.495 e. The zero-order valence-corrected chi connectivity index (χ0v) is 13.5. The maximum absolute atomic E-state index is 5.61. The lowest BCUT2D eigenvalue weighted by atomic mass is 10.2. The molecule has 2 aromatic rings. The van der Waals surface area contributed by atoms with Crippen molar-refractivity contribution >= 4 is 17.5 Å². The van der Waals surface area contributed by atoms with E-state index in [-0.39, 0.29) is 6.10 Å². The Hall–Kier alpha value is -2.34. The fourth-order valence-corrected chi connectivity index (χ4v) is 2.61. The van der Waals surface area contributed by atoms with Crippen molar-refractivity contribution in [1.82, 2.24) is 9.97 Å². The molecule has 2 heterocycles. The molecular weight excluding hydrogens is 292 g/mol. The minimum atomic E-state index is 0.254. The first kappa shape index (κ1) is 15.6. The number of ether oxygens (including phenoxy) is 2. The van der Waals surface area contributed by atoms with E-state index < -0.39 is 0 Å². The second kappa shape index (κ2) is 7.28. The highest BCUT2D eigenvalue weighted by molar-refractivity contribution is 5.64. The molecule has 1 fully saturated rings. The summed E-state index contributed by atoms with van der Waals surface area (Å²) in [6.07, 6.45) is 2.47. The van der Waals surface area contributed by atoms with Gasteiger partial charge in [0.2, 0.25) is 5.95 Å². The molecule has 2 N–H and O–H groups in total. The van der Waals surface area contributed by atoms with Gasteiger partial charge in [0.15, 0.2) is 0 Å². The summed E-state index contributed by atoms with van der Waals surface area (Å²) in [6.45, 7) is 3.53. The van der Waals surface area contributed by atoms with Gasteiger partial charge in [0, 0.05) is 24.9 Å². The highest BCUT2D eigenvalue weighted by Crippen LogP contribution is 2.26. The van der Waals surface area contributed by atoms with Crippen molar-refractivity contribution in [2.24, 2.45) is 0 Å². The topological polar surface area (TPSA) is 68.3 Å². The number of anilines is 3. The van der Waals surface area contributed by atoms with E-state index in [1.54, 1.807) is 7.11 Å². The molecule has 6 nitrogen and oxygen atoms in total. The van der Waals surface area contributed by atoms with Gasteiger partial charge in [-0.1, -0.05) is 12.1 Å². The molecule has 122 valence electrons. The molecule has 23 heavy (non-hydrogen) atoms. The van der Waals surface area contributed by atoms with Crippen molar-refractivity contribution in [3.8, 4) is 5.75 Å². The molecule has 1 aromatic carbocycles. The number of rotatable bonds is 6. The molecule has 1 aromatic heterocycles. The summed E-state index contributed by atoms with van der Waals surface area (Å²) in [7, 11) is 1.65. The van der Waals surface area contributed by atoms with Crippen molar-refractivity contribution in [1.29, 1.82) is 0 Å². The lowest BCUT2D eigenvalue weighted by Gasteiger charge is -2.14. The lowest BCUT2D eigenvalue weighted by Crippen LogP contribution is -2.20. The Morgan fingerprint density at radius 3 is 2.96 bits per heavy atom. The summed E-state index contributed by atoms with van der Waals surface area (Å²) in [5.74, 6) is 2.12. The maximum atomic E-state index is 5.61. The molecule has 1 aliphatic heterocycles. The molecule has 6 heteroatoms. The number of hydrogen-bond donors (Lipinski definition) is 2. The average molecular weight is 314 g/mol. The average Bonchev–Trinajstić information content (AvgIpc) is 3.06. The summed E-state index contributed by atoms with van der Waals surface area (Å²) in [4.78, 5) is 8.95. The van der Waals surface area contributed by atoms with Gasteiger partial charge in [-0.3, -0.25) is 0 Å². The van der Waals surface area contributed by atoms with Gasteiger partial charge in [-0.2, -0.15) is 4.98 Å². The molecular formula is C17H22N4O2. The molecule has 3 rings (SSSR count). The predicted molar refractivity (Wildman–Crippen MR) is 90.5 cm³/mol. The van der Waals surface area contributed by atoms with Crippen LogP contribution in [0.15, 0.2) is 30.3 Å². The number of methoxy groups -OCH3 is 1. The molecule has 0 radical (unpaired) electrons. The molecule has 0 aliphatic carbocycles. The summed E-state index contributed by atoms with van der Waals surface area (Å²) in [5, 5.41) is 6.55. The number of hydrogen-bond acceptors (Lipinski definition) is 6. The van der Waals surface area contributed by atoms with Gasteiger partial charge in [0.25, 0.3) is 0 Å². The smallest absolute Gasteiger partial charge is 0.224 e. The summed E-state index contributed by atoms with van der Waals surface area (Å²) in [6, 6.07) is 9.66. The molecule has 0 saturated carbocycles. The van der Waals surface area contributed by atoms with E-state index in [4.69, 9.17) is 9.47 Å². The van der Waals surface area contributed by atoms with E-state index >= 15 is 0 Å². The number of para-hydroxylation sites is 2. The van der Waals surface area contributed by atoms with Gasteiger partial charge < -0.3 is 20.1 Å². The van der Waals surface area contributed by atoms with E-state index in [0.29, 0.717) is 5.95 Å². The Bertz CT molecular complexity index is 657. The second-order valence-corrected chi connectivity index (χ2v) is 5.56. The van der Waals surface area contributed by atoms with Gasteiger partial charge in [0.1, 0.15) is 11.6 Å². The fourth-order valence-electron chi connectivity index (χ4n) is 2.61. The third-order valence-electron chi connectivity index (χ3n) is 3.74. The lowest BCUT2D eigenvalue weighted by molar-refractivity contribution is 0.120. The van der Waals surface area contributed by atoms with Crippen LogP contribution in [-0.2, 0) is 4.74 Å². The fraction of sp³-hybridized carbons (Fsp3) is 0.412. The molecule has 1 unspecified atom stereocenters. The van der Waals surface area contributed by atoms with Gasteiger partial charge in [-0.15, -0.1) is 0 Å². The van der Waals surface area contributed by atoms with Crippen LogP contribution in [0.4, 0.5) is 17.5 Å². The van der Waals surface area contributed by atoms with Crippen LogP contribution in [0, 0.1) is 6.92 Å². The normalized spacial score (nSPS) is 17.0. The summed E-state index contributed by atoms with van der Waals surface area (Å²) < 4.78 is 11.0. The Morgan fingerprint density at radius 2 is 2.17 bits per heavy atom. The van der Waals surface area contributed by atoms with Crippen LogP contribution in [-0.4, -0.2) is 36.3 Å². The molecule has 1 aliphatic rings. The number of aryl methyl sites for hydroxylation is 1. The first-order valence-corrected chi connectivity index (χ1v) is 7.86. The Labute approximate surface area is 136 Å². The maximum Gasteiger partial charge on any atom is 0.224 e. The Balaban J connectivity index is 1.71. The van der Waals surface area contributed by atoms with Crippen LogP contribution in [0.2, 0.25) is 0 Å². The first-order valence-electron chi connectivity index (χ1n) is 7.86. The SMILES string of the molecule is COc1ccccc1Nc1cc(C)nc(NCC2CCCO2)n1. The molecule has 0 bridgehead atoms. The van der Waals surface area contributed by atoms with Gasteiger partial charge in [-0.05, 0) is 31.9 Å². The number of aromatic nitrogens is 2. The van der Waals surface area contributed by atoms with E-state index in [1.165, 1.54) is 0 Å². The highest BCUT2D eigenvalue weighted by Gasteiger charge is 2.15. The van der Waals surface area contributed by atoms with Crippen LogP contribution >= 0.6 is 0 Å². The quantitative estimate of drug-likeness (QED) is 0.854. The summed E-state index contributed by atoms with van der Waals surface area (Å²) >= 11 is 0. The van der Waals surface area contributed by atoms with E-state index in [9.17, 15) is 0 Å². The van der Waals surface area contributed by atoms with Crippen molar-refractivity contribution < 1.29 is 9.47 Å². The third kappa shape index (κ3) is 4.10. The summed E-state index contributed by atoms with van der Waals surface area (Å²) in [5.41, 5.74) is 1.77. The monoisotopic (exact) mass is 314 g/mol. The van der Waals surface area contributed by atoms with Gasteiger partial charge >= 0.3 is 0 Å². The molecule has 1 saturated heterocycles. The van der Waals surface area contributed by atoms with Crippen LogP contribution in [0.1, 0.15) is 18.5 Å². The molecule has 0 amide bonds. The first-order chi connectivity index (χ1) is 11.2. The standard InChI is InChI=1S/C17H22N4O2/c1-12-10-16(20-14-7-3-4-8-15(14)22-2)21-17(19-12)18-11-13-6-5-9-23-13/h3-4,7-8,10,13H,5-6,9,11H2,1-2H3,(H2,18,19,20,21). The Morgan fingerprint density at radius 1 is 1.30 bits per heavy atom. The van der Waals surface area contributed by atoms with Gasteiger partial charge in [-0.25, -0.2) is 4.98 Å². The third-order valence-corrected chi connectivity index (χ3v) is 3.74. The van der Waals surface area contributed by atoms with Crippen molar-refractivity contribution in [2.75, 3.05) is 30.9 Å². The zero-order chi connectivity index (χ0) is 16.1. The number of nitrogens with zero attached hydrogens (tertiary/aromatic N) is 2. The van der Waals surface area contributed by atoms with E-state index in [2.05, 4.69) is 20.6 Å². The van der Waals surface area contributed by atoms with Crippen LogP contribution < -0.4 is 15.4 Å². The molecule has 1 atom stereocenters. The van der Waals surface area contributed by atoms with Gasteiger partial charge in [0.05, 0.1) is 18.9 Å². The van der Waals surface area contributed by atoms with Crippen molar-refractivity contribution in [2.45, 2.75) is 25.9 Å². The zero-order valence-electron chi connectivity index (χ0n) is 13.5. The largest absolute Gasteiger partial charge is 0.495 e. The van der Waals surface area contributed by atoms with Crippen LogP contribution in [0.5, 0.6) is 5.75 Å². The molecule has 0 spiro atoms. The van der Waals surface area contributed by atoms with Crippen LogP contribution in [0.3, 0.4) is 0 Å². The van der Waals surface area contributed by atoms with E-state index in [1.807, 2.05) is 37.3 Å². The van der Waals surface area contributed by atoms with E-state index in [0.717, 1.165) is 48.9 Å². The minimum absolute atomic E-state index is 0.254. The predicted octanol–water partition coefficient (Wildman–Crippen LogP) is 3.13. The number of nitrogens with one attached hydrogen (secondary N) is 2. The second-order valence-electron chi connectivity index (χ2n) is 5.56. The van der Waals surface area contributed by atoms with Crippen molar-refractivity contribution in [3.63, 3.8) is 0 Å². The highest BCUT2D eigenvalue weighted by atomic mass is 16.5.